The lowest BCUT2D eigenvalue weighted by atomic mass is 9.86. The van der Waals surface area contributed by atoms with Crippen LogP contribution in [0.5, 0.6) is 0 Å². The maximum Gasteiger partial charge on any atom is 0.330 e. The van der Waals surface area contributed by atoms with E-state index < -0.39 is 5.56 Å². The van der Waals surface area contributed by atoms with Crippen molar-refractivity contribution in [3.63, 3.8) is 0 Å². The second kappa shape index (κ2) is 5.12. The lowest BCUT2D eigenvalue weighted by Gasteiger charge is -2.21. The minimum absolute atomic E-state index is 0.167. The van der Waals surface area contributed by atoms with Crippen LogP contribution < -0.4 is 11.2 Å². The van der Waals surface area contributed by atoms with E-state index in [0.717, 1.165) is 36.9 Å². The molecule has 5 rings (SSSR count). The summed E-state index contributed by atoms with van der Waals surface area (Å²) in [6.45, 7) is 0. The van der Waals surface area contributed by atoms with Gasteiger partial charge in [-0.15, -0.1) is 0 Å². The quantitative estimate of drug-likeness (QED) is 0.838. The third-order valence-electron chi connectivity index (χ3n) is 6.11. The van der Waals surface area contributed by atoms with E-state index in [9.17, 15) is 9.59 Å². The lowest BCUT2D eigenvalue weighted by Crippen LogP contribution is -2.31. The van der Waals surface area contributed by atoms with Gasteiger partial charge >= 0.3 is 5.69 Å². The maximum absolute atomic E-state index is 12.2. The van der Waals surface area contributed by atoms with Gasteiger partial charge in [0.25, 0.3) is 5.56 Å². The molecule has 3 atom stereocenters. The van der Waals surface area contributed by atoms with Crippen LogP contribution in [0.1, 0.15) is 50.4 Å². The number of hydrogen-bond acceptors (Lipinski definition) is 4. The average molecular weight is 344 g/mol. The molecule has 0 spiro atoms. The molecule has 2 aromatic rings. The van der Waals surface area contributed by atoms with Gasteiger partial charge in [-0.25, -0.2) is 9.78 Å². The molecule has 3 saturated carbocycles. The van der Waals surface area contributed by atoms with Gasteiger partial charge in [0.05, 0.1) is 0 Å². The van der Waals surface area contributed by atoms with Crippen molar-refractivity contribution in [3.05, 3.63) is 31.3 Å². The molecule has 3 aliphatic rings. The standard InChI is InChI=1S/C17H20N4O2S/c22-15-13-14(21(11-3-4-11)17(23)20-15)18-12(19-16(13)24)7-10-6-8-1-2-9(10)5-8/h8-11H,1-7H2,(H,18,19,24)(H,20,22,23). The zero-order valence-corrected chi connectivity index (χ0v) is 14.2. The molecule has 2 bridgehead atoms. The Kier molecular flexibility index (Phi) is 3.11. The number of nitrogens with zero attached hydrogens (tertiary/aromatic N) is 2. The molecule has 2 aromatic heterocycles. The summed E-state index contributed by atoms with van der Waals surface area (Å²) in [4.78, 5) is 34.6. The summed E-state index contributed by atoms with van der Waals surface area (Å²) in [5, 5.41) is 0.341. The van der Waals surface area contributed by atoms with Crippen molar-refractivity contribution in [3.8, 4) is 0 Å². The van der Waals surface area contributed by atoms with Crippen LogP contribution in [-0.2, 0) is 6.42 Å². The number of rotatable bonds is 3. The average Bonchev–Trinajstić information content (AvgIpc) is 3.13. The monoisotopic (exact) mass is 344 g/mol. The molecule has 6 nitrogen and oxygen atoms in total. The van der Waals surface area contributed by atoms with Gasteiger partial charge in [-0.2, -0.15) is 0 Å². The van der Waals surface area contributed by atoms with E-state index >= 15 is 0 Å². The van der Waals surface area contributed by atoms with E-state index in [0.29, 0.717) is 21.6 Å². The highest BCUT2D eigenvalue weighted by Gasteiger charge is 2.39. The molecule has 2 heterocycles. The van der Waals surface area contributed by atoms with Crippen molar-refractivity contribution in [1.82, 2.24) is 19.5 Å². The first-order chi connectivity index (χ1) is 11.6. The summed E-state index contributed by atoms with van der Waals surface area (Å²) in [7, 11) is 0. The summed E-state index contributed by atoms with van der Waals surface area (Å²) in [5.74, 6) is 3.17. The Morgan fingerprint density at radius 2 is 1.96 bits per heavy atom. The van der Waals surface area contributed by atoms with Crippen molar-refractivity contribution in [1.29, 1.82) is 0 Å². The second-order valence-corrected chi connectivity index (χ2v) is 8.10. The summed E-state index contributed by atoms with van der Waals surface area (Å²) < 4.78 is 1.97. The predicted molar refractivity (Wildman–Crippen MR) is 92.7 cm³/mol. The highest BCUT2D eigenvalue weighted by Crippen LogP contribution is 2.49. The van der Waals surface area contributed by atoms with Gasteiger partial charge in [-0.3, -0.25) is 14.3 Å². The van der Waals surface area contributed by atoms with Crippen LogP contribution in [0.15, 0.2) is 9.59 Å². The van der Waals surface area contributed by atoms with Crippen molar-refractivity contribution in [2.45, 2.75) is 51.0 Å². The maximum atomic E-state index is 12.2. The minimum atomic E-state index is -0.438. The zero-order valence-electron chi connectivity index (χ0n) is 13.4. The lowest BCUT2D eigenvalue weighted by molar-refractivity contribution is 0.327. The molecule has 3 unspecified atom stereocenters. The van der Waals surface area contributed by atoms with E-state index in [1.165, 1.54) is 25.7 Å². The fraction of sp³-hybridized carbons (Fsp3) is 0.647. The van der Waals surface area contributed by atoms with Crippen molar-refractivity contribution in [2.75, 3.05) is 0 Å². The fourth-order valence-corrected chi connectivity index (χ4v) is 5.17. The number of H-pyrrole nitrogens is 2. The van der Waals surface area contributed by atoms with Gasteiger partial charge in [0.1, 0.15) is 21.5 Å². The molecule has 0 saturated heterocycles. The molecule has 0 amide bonds. The normalized spacial score (nSPS) is 28.8. The first-order valence-corrected chi connectivity index (χ1v) is 9.28. The number of nitrogens with one attached hydrogen (secondary N) is 2. The van der Waals surface area contributed by atoms with Crippen molar-refractivity contribution >= 4 is 23.3 Å². The van der Waals surface area contributed by atoms with E-state index in [1.54, 1.807) is 4.57 Å². The van der Waals surface area contributed by atoms with Crippen LogP contribution >= 0.6 is 12.2 Å². The SMILES string of the molecule is O=c1[nH]c(=O)n(C2CC2)c2[nH]c(CC3CC4CCC3C4)nc(=S)c12. The third-order valence-corrected chi connectivity index (χ3v) is 6.40. The van der Waals surface area contributed by atoms with Crippen LogP contribution in [0.4, 0.5) is 0 Å². The van der Waals surface area contributed by atoms with Gasteiger partial charge < -0.3 is 4.98 Å². The largest absolute Gasteiger partial charge is 0.330 e. The van der Waals surface area contributed by atoms with E-state index in [-0.39, 0.29) is 11.7 Å². The molecule has 24 heavy (non-hydrogen) atoms. The Morgan fingerprint density at radius 3 is 2.62 bits per heavy atom. The van der Waals surface area contributed by atoms with Gasteiger partial charge in [0.2, 0.25) is 0 Å². The minimum Gasteiger partial charge on any atom is -0.329 e. The van der Waals surface area contributed by atoms with E-state index in [2.05, 4.69) is 15.0 Å². The van der Waals surface area contributed by atoms with Gasteiger partial charge in [-0.05, 0) is 49.9 Å². The molecule has 0 aromatic carbocycles. The Bertz CT molecular complexity index is 1000. The van der Waals surface area contributed by atoms with E-state index in [1.807, 2.05) is 0 Å². The number of aromatic amines is 2. The van der Waals surface area contributed by atoms with Crippen LogP contribution in [0, 0.1) is 22.4 Å². The number of fused-ring (bicyclic) bond motifs is 3. The van der Waals surface area contributed by atoms with Crippen LogP contribution in [0.25, 0.3) is 11.0 Å². The molecule has 3 aliphatic carbocycles. The van der Waals surface area contributed by atoms with Gasteiger partial charge in [-0.1, -0.05) is 18.6 Å². The van der Waals surface area contributed by atoms with Crippen LogP contribution in [0.3, 0.4) is 0 Å². The summed E-state index contributed by atoms with van der Waals surface area (Å²) in [6.07, 6.45) is 8.13. The number of hydrogen-bond donors (Lipinski definition) is 2. The molecule has 0 radical (unpaired) electrons. The molecular formula is C17H20N4O2S. The molecule has 7 heteroatoms. The molecule has 3 fully saturated rings. The topological polar surface area (TPSA) is 83.5 Å². The third kappa shape index (κ3) is 2.21. The van der Waals surface area contributed by atoms with Gasteiger partial charge in [0, 0.05) is 12.5 Å². The highest BCUT2D eigenvalue weighted by atomic mass is 32.1. The van der Waals surface area contributed by atoms with Crippen LogP contribution in [-0.4, -0.2) is 19.5 Å². The first-order valence-electron chi connectivity index (χ1n) is 8.88. The van der Waals surface area contributed by atoms with Crippen LogP contribution in [0.2, 0.25) is 0 Å². The Hall–Kier alpha value is -1.76. The molecule has 126 valence electrons. The Morgan fingerprint density at radius 1 is 1.12 bits per heavy atom. The molecule has 0 aliphatic heterocycles. The predicted octanol–water partition coefficient (Wildman–Crippen LogP) is 2.46. The molecule has 2 N–H and O–H groups in total. The van der Waals surface area contributed by atoms with Crippen molar-refractivity contribution < 1.29 is 0 Å². The summed E-state index contributed by atoms with van der Waals surface area (Å²) >= 11 is 5.38. The Labute approximate surface area is 143 Å². The highest BCUT2D eigenvalue weighted by molar-refractivity contribution is 7.71. The Balaban J connectivity index is 1.63. The first kappa shape index (κ1) is 14.6. The van der Waals surface area contributed by atoms with Gasteiger partial charge in [0.15, 0.2) is 0 Å². The smallest absolute Gasteiger partial charge is 0.329 e. The van der Waals surface area contributed by atoms with E-state index in [4.69, 9.17) is 12.2 Å². The summed E-state index contributed by atoms with van der Waals surface area (Å²) in [5.41, 5.74) is -0.228. The number of aromatic nitrogens is 4. The zero-order chi connectivity index (χ0) is 16.4. The second-order valence-electron chi connectivity index (χ2n) is 7.71. The summed E-state index contributed by atoms with van der Waals surface area (Å²) in [6, 6.07) is 0.167. The van der Waals surface area contributed by atoms with Crippen molar-refractivity contribution in [2.24, 2.45) is 17.8 Å². The fourth-order valence-electron chi connectivity index (χ4n) is 4.87. The molecular weight excluding hydrogens is 324 g/mol.